The monoisotopic (exact) mass is 262 g/mol. The Morgan fingerprint density at radius 2 is 2.05 bits per heavy atom. The average molecular weight is 262 g/mol. The fraction of sp³-hybridized carbons (Fsp3) is 0.308. The van der Waals surface area contributed by atoms with E-state index in [4.69, 9.17) is 19.9 Å². The number of nitrogen functional groups attached to an aromatic ring is 1. The third kappa shape index (κ3) is 1.85. The molecule has 0 bridgehead atoms. The number of ether oxygens (including phenoxy) is 3. The minimum absolute atomic E-state index is 0.263. The minimum atomic E-state index is -0.462. The summed E-state index contributed by atoms with van der Waals surface area (Å²) >= 11 is 0. The van der Waals surface area contributed by atoms with Gasteiger partial charge in [-0.3, -0.25) is 0 Å². The first-order chi connectivity index (χ1) is 9.20. The second kappa shape index (κ2) is 4.38. The first kappa shape index (κ1) is 11.7. The molecule has 0 amide bonds. The number of carbonyl (C=O) groups excluding carboxylic acids is 1. The summed E-state index contributed by atoms with van der Waals surface area (Å²) in [6.07, 6.45) is 0. The lowest BCUT2D eigenvalue weighted by molar-refractivity contribution is 0.0522. The Morgan fingerprint density at radius 1 is 1.37 bits per heavy atom. The van der Waals surface area contributed by atoms with Crippen molar-refractivity contribution < 1.29 is 19.0 Å². The number of carbonyl (C=O) groups is 1. The Morgan fingerprint density at radius 3 is 2.74 bits per heavy atom. The molecule has 0 unspecified atom stereocenters. The van der Waals surface area contributed by atoms with E-state index in [0.29, 0.717) is 37.0 Å². The molecule has 1 aliphatic rings. The summed E-state index contributed by atoms with van der Waals surface area (Å²) < 4.78 is 15.9. The Bertz CT molecular complexity index is 648. The zero-order chi connectivity index (χ0) is 13.4. The lowest BCUT2D eigenvalue weighted by Gasteiger charge is -2.18. The van der Waals surface area contributed by atoms with Crippen molar-refractivity contribution in [1.82, 2.24) is 4.98 Å². The smallest absolute Gasteiger partial charge is 0.356 e. The van der Waals surface area contributed by atoms with E-state index in [9.17, 15) is 4.79 Å². The zero-order valence-corrected chi connectivity index (χ0v) is 10.5. The minimum Gasteiger partial charge on any atom is -0.486 e. The van der Waals surface area contributed by atoms with E-state index in [0.717, 1.165) is 10.9 Å². The third-order valence-corrected chi connectivity index (χ3v) is 2.98. The number of nitrogens with one attached hydrogen (secondary N) is 1. The summed E-state index contributed by atoms with van der Waals surface area (Å²) in [7, 11) is 0. The molecule has 100 valence electrons. The number of anilines is 1. The molecule has 0 saturated heterocycles. The summed E-state index contributed by atoms with van der Waals surface area (Å²) in [5.41, 5.74) is 7.33. The van der Waals surface area contributed by atoms with Crippen molar-refractivity contribution in [2.45, 2.75) is 6.92 Å². The molecule has 19 heavy (non-hydrogen) atoms. The molecule has 1 aliphatic heterocycles. The summed E-state index contributed by atoms with van der Waals surface area (Å²) in [5, 5.41) is 0.729. The highest BCUT2D eigenvalue weighted by atomic mass is 16.6. The van der Waals surface area contributed by atoms with Crippen molar-refractivity contribution in [1.29, 1.82) is 0 Å². The van der Waals surface area contributed by atoms with Crippen LogP contribution in [-0.4, -0.2) is 30.8 Å². The van der Waals surface area contributed by atoms with Crippen LogP contribution in [0.4, 0.5) is 5.69 Å². The van der Waals surface area contributed by atoms with Crippen LogP contribution in [0.2, 0.25) is 0 Å². The van der Waals surface area contributed by atoms with Crippen molar-refractivity contribution in [2.24, 2.45) is 0 Å². The summed E-state index contributed by atoms with van der Waals surface area (Å²) in [4.78, 5) is 14.7. The van der Waals surface area contributed by atoms with Gasteiger partial charge in [0, 0.05) is 11.5 Å². The number of esters is 1. The molecular weight excluding hydrogens is 248 g/mol. The van der Waals surface area contributed by atoms with E-state index in [1.807, 2.05) is 0 Å². The van der Waals surface area contributed by atoms with Crippen molar-refractivity contribution in [3.63, 3.8) is 0 Å². The normalized spacial score (nSPS) is 13.5. The number of benzene rings is 1. The van der Waals surface area contributed by atoms with Crippen molar-refractivity contribution in [3.8, 4) is 11.5 Å². The highest BCUT2D eigenvalue weighted by Crippen LogP contribution is 2.37. The standard InChI is InChI=1S/C13H14N2O4/c1-2-17-13(16)12-11(14)7-5-9-10(6-8(7)15-12)19-4-3-18-9/h5-6,15H,2-4,14H2,1H3. The molecule has 6 nitrogen and oxygen atoms in total. The van der Waals surface area contributed by atoms with Crippen molar-refractivity contribution >= 4 is 22.6 Å². The number of hydrogen-bond donors (Lipinski definition) is 2. The van der Waals surface area contributed by atoms with Crippen molar-refractivity contribution in [3.05, 3.63) is 17.8 Å². The zero-order valence-electron chi connectivity index (χ0n) is 10.5. The van der Waals surface area contributed by atoms with Crippen LogP contribution < -0.4 is 15.2 Å². The second-order valence-corrected chi connectivity index (χ2v) is 4.18. The predicted octanol–water partition coefficient (Wildman–Crippen LogP) is 1.70. The van der Waals surface area contributed by atoms with E-state index in [1.165, 1.54) is 0 Å². The topological polar surface area (TPSA) is 86.6 Å². The van der Waals surface area contributed by atoms with Crippen LogP contribution in [0.3, 0.4) is 0 Å². The van der Waals surface area contributed by atoms with Gasteiger partial charge in [0.15, 0.2) is 11.5 Å². The van der Waals surface area contributed by atoms with E-state index < -0.39 is 5.97 Å². The van der Waals surface area contributed by atoms with E-state index in [1.54, 1.807) is 19.1 Å². The van der Waals surface area contributed by atoms with Crippen LogP contribution in [-0.2, 0) is 4.74 Å². The molecule has 3 rings (SSSR count). The molecule has 0 atom stereocenters. The van der Waals surface area contributed by atoms with E-state index in [2.05, 4.69) is 4.98 Å². The van der Waals surface area contributed by atoms with Gasteiger partial charge in [0.05, 0.1) is 17.8 Å². The van der Waals surface area contributed by atoms with Crippen molar-refractivity contribution in [2.75, 3.05) is 25.6 Å². The maximum atomic E-state index is 11.8. The van der Waals surface area contributed by atoms with Crippen LogP contribution in [0.15, 0.2) is 12.1 Å². The van der Waals surface area contributed by atoms with Gasteiger partial charge in [0.2, 0.25) is 0 Å². The van der Waals surface area contributed by atoms with Gasteiger partial charge in [0.1, 0.15) is 18.9 Å². The Hall–Kier alpha value is -2.37. The van der Waals surface area contributed by atoms with Gasteiger partial charge in [-0.15, -0.1) is 0 Å². The fourth-order valence-electron chi connectivity index (χ4n) is 2.12. The van der Waals surface area contributed by atoms with Gasteiger partial charge in [-0.05, 0) is 13.0 Å². The van der Waals surface area contributed by atoms with Gasteiger partial charge in [-0.25, -0.2) is 4.79 Å². The molecule has 0 fully saturated rings. The molecule has 0 radical (unpaired) electrons. The average Bonchev–Trinajstić information content (AvgIpc) is 2.74. The van der Waals surface area contributed by atoms with Crippen LogP contribution in [0.5, 0.6) is 11.5 Å². The largest absolute Gasteiger partial charge is 0.486 e. The number of hydrogen-bond acceptors (Lipinski definition) is 5. The third-order valence-electron chi connectivity index (χ3n) is 2.98. The quantitative estimate of drug-likeness (QED) is 0.804. The highest BCUT2D eigenvalue weighted by Gasteiger charge is 2.20. The maximum absolute atomic E-state index is 11.8. The van der Waals surface area contributed by atoms with Crippen LogP contribution >= 0.6 is 0 Å². The van der Waals surface area contributed by atoms with E-state index >= 15 is 0 Å². The molecule has 0 saturated carbocycles. The SMILES string of the molecule is CCOC(=O)c1[nH]c2cc3c(cc2c1N)OCCO3. The number of aromatic amines is 1. The maximum Gasteiger partial charge on any atom is 0.356 e. The number of rotatable bonds is 2. The van der Waals surface area contributed by atoms with Gasteiger partial charge in [-0.1, -0.05) is 0 Å². The first-order valence-corrected chi connectivity index (χ1v) is 6.08. The Balaban J connectivity index is 2.12. The summed E-state index contributed by atoms with van der Waals surface area (Å²) in [6.45, 7) is 3.07. The molecule has 1 aromatic heterocycles. The number of H-pyrrole nitrogens is 1. The molecule has 2 heterocycles. The second-order valence-electron chi connectivity index (χ2n) is 4.18. The highest BCUT2D eigenvalue weighted by molar-refractivity contribution is 6.06. The lowest BCUT2D eigenvalue weighted by atomic mass is 10.2. The van der Waals surface area contributed by atoms with Crippen LogP contribution in [0.25, 0.3) is 10.9 Å². The fourth-order valence-corrected chi connectivity index (χ4v) is 2.12. The molecule has 2 aromatic rings. The summed E-state index contributed by atoms with van der Waals surface area (Å²) in [5.74, 6) is 0.825. The molecule has 6 heteroatoms. The Labute approximate surface area is 109 Å². The number of fused-ring (bicyclic) bond motifs is 2. The van der Waals surface area contributed by atoms with Gasteiger partial charge >= 0.3 is 5.97 Å². The van der Waals surface area contributed by atoms with Crippen LogP contribution in [0.1, 0.15) is 17.4 Å². The molecule has 0 aliphatic carbocycles. The molecular formula is C13H14N2O4. The molecule has 3 N–H and O–H groups in total. The first-order valence-electron chi connectivity index (χ1n) is 6.08. The van der Waals surface area contributed by atoms with Gasteiger partial charge in [0.25, 0.3) is 0 Å². The van der Waals surface area contributed by atoms with E-state index in [-0.39, 0.29) is 5.69 Å². The van der Waals surface area contributed by atoms with Gasteiger partial charge < -0.3 is 24.9 Å². The van der Waals surface area contributed by atoms with Gasteiger partial charge in [-0.2, -0.15) is 0 Å². The molecule has 0 spiro atoms. The lowest BCUT2D eigenvalue weighted by Crippen LogP contribution is -2.15. The Kier molecular flexibility index (Phi) is 2.70. The van der Waals surface area contributed by atoms with Crippen LogP contribution in [0, 0.1) is 0 Å². The number of aromatic nitrogens is 1. The predicted molar refractivity (Wildman–Crippen MR) is 69.7 cm³/mol. The number of nitrogens with two attached hydrogens (primary N) is 1. The molecule has 1 aromatic carbocycles. The summed E-state index contributed by atoms with van der Waals surface area (Å²) in [6, 6.07) is 3.56.